The number of nitrogens with two attached hydrogens (primary N) is 1. The lowest BCUT2D eigenvalue weighted by atomic mass is 10.00. The molecule has 0 radical (unpaired) electrons. The van der Waals surface area contributed by atoms with E-state index >= 15 is 0 Å². The molecule has 0 aliphatic heterocycles. The van der Waals surface area contributed by atoms with Crippen molar-refractivity contribution in [1.29, 1.82) is 0 Å². The number of hydrogen-bond donors (Lipinski definition) is 1. The first-order chi connectivity index (χ1) is 8.45. The van der Waals surface area contributed by atoms with Gasteiger partial charge in [-0.3, -0.25) is 0 Å². The summed E-state index contributed by atoms with van der Waals surface area (Å²) in [6.45, 7) is 2.13. The first-order valence-electron chi connectivity index (χ1n) is 6.38. The topological polar surface area (TPSA) is 26.0 Å². The molecule has 1 rings (SSSR count). The van der Waals surface area contributed by atoms with Gasteiger partial charge in [-0.1, -0.05) is 44.7 Å². The molecule has 18 heavy (non-hydrogen) atoms. The Morgan fingerprint density at radius 1 is 1.06 bits per heavy atom. The molecule has 0 aliphatic carbocycles. The van der Waals surface area contributed by atoms with Gasteiger partial charge in [0.25, 0.3) is 0 Å². The Bertz CT molecular complexity index is 343. The van der Waals surface area contributed by atoms with Gasteiger partial charge in [0, 0.05) is 6.04 Å². The first kappa shape index (κ1) is 15.0. The zero-order valence-electron chi connectivity index (χ0n) is 10.6. The Hall–Kier alpha value is -1.03. The van der Waals surface area contributed by atoms with Crippen LogP contribution in [0.5, 0.6) is 0 Å². The maximum absolute atomic E-state index is 12.4. The average molecular weight is 259 g/mol. The number of alkyl halides is 3. The minimum absolute atomic E-state index is 0.163. The van der Waals surface area contributed by atoms with Crippen LogP contribution in [0.2, 0.25) is 0 Å². The minimum atomic E-state index is -4.27. The third-order valence-corrected chi connectivity index (χ3v) is 3.03. The summed E-state index contributed by atoms with van der Waals surface area (Å²) in [6.07, 6.45) is 1.05. The standard InChI is InChI=1S/C14H20F3N/c1-2-3-4-5-6-13(18)11-7-9-12(10-8-11)14(15,16)17/h7-10,13H,2-6,18H2,1H3. The second-order valence-electron chi connectivity index (χ2n) is 4.58. The van der Waals surface area contributed by atoms with Crippen molar-refractivity contribution >= 4 is 0 Å². The number of unbranched alkanes of at least 4 members (excludes halogenated alkanes) is 3. The Morgan fingerprint density at radius 3 is 2.17 bits per heavy atom. The molecule has 1 nitrogen and oxygen atoms in total. The highest BCUT2D eigenvalue weighted by molar-refractivity contribution is 5.26. The van der Waals surface area contributed by atoms with E-state index in [4.69, 9.17) is 5.73 Å². The summed E-state index contributed by atoms with van der Waals surface area (Å²) in [7, 11) is 0. The lowest BCUT2D eigenvalue weighted by molar-refractivity contribution is -0.137. The fraction of sp³-hybridized carbons (Fsp3) is 0.571. The van der Waals surface area contributed by atoms with Gasteiger partial charge in [-0.2, -0.15) is 13.2 Å². The molecule has 102 valence electrons. The molecule has 0 saturated heterocycles. The zero-order valence-corrected chi connectivity index (χ0v) is 10.6. The highest BCUT2D eigenvalue weighted by Gasteiger charge is 2.30. The van der Waals surface area contributed by atoms with Crippen LogP contribution < -0.4 is 5.73 Å². The van der Waals surface area contributed by atoms with Gasteiger partial charge in [0.15, 0.2) is 0 Å². The number of halogens is 3. The van der Waals surface area contributed by atoms with E-state index in [0.717, 1.165) is 43.4 Å². The second kappa shape index (κ2) is 6.78. The number of benzene rings is 1. The molecule has 0 aliphatic rings. The average Bonchev–Trinajstić information content (AvgIpc) is 2.33. The van der Waals surface area contributed by atoms with Crippen molar-refractivity contribution < 1.29 is 13.2 Å². The second-order valence-corrected chi connectivity index (χ2v) is 4.58. The quantitative estimate of drug-likeness (QED) is 0.738. The lowest BCUT2D eigenvalue weighted by Crippen LogP contribution is -2.11. The fourth-order valence-corrected chi connectivity index (χ4v) is 1.88. The summed E-state index contributed by atoms with van der Waals surface area (Å²) in [6, 6.07) is 4.99. The first-order valence-corrected chi connectivity index (χ1v) is 6.38. The molecular formula is C14H20F3N. The van der Waals surface area contributed by atoms with E-state index < -0.39 is 11.7 Å². The summed E-state index contributed by atoms with van der Waals surface area (Å²) in [5, 5.41) is 0. The van der Waals surface area contributed by atoms with E-state index in [1.54, 1.807) is 0 Å². The molecule has 0 fully saturated rings. The van der Waals surface area contributed by atoms with E-state index in [-0.39, 0.29) is 6.04 Å². The van der Waals surface area contributed by atoms with Crippen LogP contribution in [-0.4, -0.2) is 0 Å². The Labute approximate surface area is 106 Å². The maximum atomic E-state index is 12.4. The predicted octanol–water partition coefficient (Wildman–Crippen LogP) is 4.68. The van der Waals surface area contributed by atoms with Crippen LogP contribution in [0.3, 0.4) is 0 Å². The summed E-state index contributed by atoms with van der Waals surface area (Å²) in [4.78, 5) is 0. The third kappa shape index (κ3) is 4.69. The molecule has 0 spiro atoms. The Kier molecular flexibility index (Phi) is 5.66. The van der Waals surface area contributed by atoms with Crippen LogP contribution in [-0.2, 0) is 6.18 Å². The molecule has 0 aromatic heterocycles. The molecule has 0 amide bonds. The molecule has 0 saturated carbocycles. The molecule has 1 unspecified atom stereocenters. The largest absolute Gasteiger partial charge is 0.416 e. The van der Waals surface area contributed by atoms with E-state index in [0.29, 0.717) is 0 Å². The minimum Gasteiger partial charge on any atom is -0.324 e. The van der Waals surface area contributed by atoms with Crippen molar-refractivity contribution in [2.24, 2.45) is 5.73 Å². The van der Waals surface area contributed by atoms with Crippen LogP contribution in [0.25, 0.3) is 0 Å². The van der Waals surface area contributed by atoms with Crippen molar-refractivity contribution in [2.45, 2.75) is 51.2 Å². The van der Waals surface area contributed by atoms with E-state index in [1.165, 1.54) is 18.6 Å². The zero-order chi connectivity index (χ0) is 13.6. The van der Waals surface area contributed by atoms with Crippen molar-refractivity contribution in [3.05, 3.63) is 35.4 Å². The molecule has 4 heteroatoms. The van der Waals surface area contributed by atoms with Crippen LogP contribution >= 0.6 is 0 Å². The molecule has 1 aromatic rings. The van der Waals surface area contributed by atoms with Gasteiger partial charge in [-0.15, -0.1) is 0 Å². The lowest BCUT2D eigenvalue weighted by Gasteiger charge is -2.13. The molecule has 0 bridgehead atoms. The van der Waals surface area contributed by atoms with E-state index in [9.17, 15) is 13.2 Å². The van der Waals surface area contributed by atoms with Crippen molar-refractivity contribution in [3.8, 4) is 0 Å². The predicted molar refractivity (Wildman–Crippen MR) is 67.1 cm³/mol. The van der Waals surface area contributed by atoms with E-state index in [1.807, 2.05) is 0 Å². The van der Waals surface area contributed by atoms with Gasteiger partial charge < -0.3 is 5.73 Å². The van der Waals surface area contributed by atoms with Gasteiger partial charge >= 0.3 is 6.18 Å². The summed E-state index contributed by atoms with van der Waals surface area (Å²) >= 11 is 0. The monoisotopic (exact) mass is 259 g/mol. The van der Waals surface area contributed by atoms with Gasteiger partial charge in [-0.25, -0.2) is 0 Å². The fourth-order valence-electron chi connectivity index (χ4n) is 1.88. The van der Waals surface area contributed by atoms with Crippen LogP contribution in [0.15, 0.2) is 24.3 Å². The highest BCUT2D eigenvalue weighted by Crippen LogP contribution is 2.30. The highest BCUT2D eigenvalue weighted by atomic mass is 19.4. The summed E-state index contributed by atoms with van der Waals surface area (Å²) in [5.41, 5.74) is 6.11. The van der Waals surface area contributed by atoms with Crippen molar-refractivity contribution in [1.82, 2.24) is 0 Å². The molecule has 2 N–H and O–H groups in total. The number of hydrogen-bond acceptors (Lipinski definition) is 1. The van der Waals surface area contributed by atoms with Gasteiger partial charge in [-0.05, 0) is 24.1 Å². The Balaban J connectivity index is 2.51. The van der Waals surface area contributed by atoms with Crippen LogP contribution in [0.4, 0.5) is 13.2 Å². The normalized spacial score (nSPS) is 13.6. The smallest absolute Gasteiger partial charge is 0.324 e. The third-order valence-electron chi connectivity index (χ3n) is 3.03. The van der Waals surface area contributed by atoms with Gasteiger partial charge in [0.2, 0.25) is 0 Å². The van der Waals surface area contributed by atoms with E-state index in [2.05, 4.69) is 6.92 Å². The van der Waals surface area contributed by atoms with Gasteiger partial charge in [0.1, 0.15) is 0 Å². The van der Waals surface area contributed by atoms with Crippen LogP contribution in [0, 0.1) is 0 Å². The van der Waals surface area contributed by atoms with Crippen molar-refractivity contribution in [2.75, 3.05) is 0 Å². The number of rotatable bonds is 6. The Morgan fingerprint density at radius 2 is 1.67 bits per heavy atom. The molecular weight excluding hydrogens is 239 g/mol. The SMILES string of the molecule is CCCCCCC(N)c1ccc(C(F)(F)F)cc1. The molecule has 1 aromatic carbocycles. The van der Waals surface area contributed by atoms with Crippen molar-refractivity contribution in [3.63, 3.8) is 0 Å². The maximum Gasteiger partial charge on any atom is 0.416 e. The van der Waals surface area contributed by atoms with Gasteiger partial charge in [0.05, 0.1) is 5.56 Å². The molecule has 1 atom stereocenters. The summed E-state index contributed by atoms with van der Waals surface area (Å²) in [5.74, 6) is 0. The molecule has 0 heterocycles. The van der Waals surface area contributed by atoms with Crippen LogP contribution in [0.1, 0.15) is 56.2 Å². The summed E-state index contributed by atoms with van der Waals surface area (Å²) < 4.78 is 37.1.